The Balaban J connectivity index is 1.58. The van der Waals surface area contributed by atoms with Crippen molar-refractivity contribution in [2.75, 3.05) is 6.61 Å². The molecule has 0 saturated heterocycles. The Hall–Kier alpha value is -3.67. The molecule has 32 heavy (non-hydrogen) atoms. The third kappa shape index (κ3) is 4.21. The Morgan fingerprint density at radius 3 is 2.09 bits per heavy atom. The molecule has 1 unspecified atom stereocenters. The van der Waals surface area contributed by atoms with Crippen LogP contribution in [-0.2, 0) is 16.1 Å². The SMILES string of the molecule is CC(C)C(C(=O)O)N(Cc1ccccn1)C(=O)OCC1c2ccccc2-c2ccccc21. The van der Waals surface area contributed by atoms with Crippen molar-refractivity contribution in [1.82, 2.24) is 9.88 Å². The molecule has 0 spiro atoms. The molecule has 1 aliphatic rings. The summed E-state index contributed by atoms with van der Waals surface area (Å²) >= 11 is 0. The fourth-order valence-corrected chi connectivity index (χ4v) is 4.40. The molecule has 0 saturated carbocycles. The molecule has 1 aliphatic carbocycles. The molecule has 1 atom stereocenters. The first-order valence-corrected chi connectivity index (χ1v) is 10.7. The second-order valence-corrected chi connectivity index (χ2v) is 8.28. The maximum absolute atomic E-state index is 13.2. The van der Waals surface area contributed by atoms with Crippen molar-refractivity contribution in [3.63, 3.8) is 0 Å². The highest BCUT2D eigenvalue weighted by Gasteiger charge is 2.35. The molecule has 1 amide bonds. The van der Waals surface area contributed by atoms with Gasteiger partial charge in [-0.05, 0) is 40.3 Å². The van der Waals surface area contributed by atoms with E-state index in [1.54, 1.807) is 32.2 Å². The van der Waals surface area contributed by atoms with E-state index in [4.69, 9.17) is 4.74 Å². The summed E-state index contributed by atoms with van der Waals surface area (Å²) in [5, 5.41) is 9.81. The first-order valence-electron chi connectivity index (χ1n) is 10.7. The summed E-state index contributed by atoms with van der Waals surface area (Å²) < 4.78 is 5.75. The largest absolute Gasteiger partial charge is 0.480 e. The average molecular weight is 431 g/mol. The molecular formula is C26H26N2O4. The third-order valence-corrected chi connectivity index (χ3v) is 5.85. The van der Waals surface area contributed by atoms with Gasteiger partial charge in [-0.25, -0.2) is 9.59 Å². The number of ether oxygens (including phenoxy) is 1. The number of carboxylic acid groups (broad SMARTS) is 1. The molecule has 2 aromatic carbocycles. The standard InChI is InChI=1S/C26H26N2O4/c1-17(2)24(25(29)30)28(15-18-9-7-8-14-27-18)26(31)32-16-23-21-12-5-3-10-19(21)20-11-4-6-13-22(20)23/h3-14,17,23-24H,15-16H2,1-2H3,(H,29,30). The van der Waals surface area contributed by atoms with Gasteiger partial charge in [0.2, 0.25) is 0 Å². The van der Waals surface area contributed by atoms with E-state index in [1.165, 1.54) is 4.90 Å². The smallest absolute Gasteiger partial charge is 0.410 e. The topological polar surface area (TPSA) is 79.7 Å². The molecular weight excluding hydrogens is 404 g/mol. The van der Waals surface area contributed by atoms with Crippen molar-refractivity contribution in [2.45, 2.75) is 32.4 Å². The van der Waals surface area contributed by atoms with Gasteiger partial charge in [-0.15, -0.1) is 0 Å². The summed E-state index contributed by atoms with van der Waals surface area (Å²) in [6.45, 7) is 3.75. The maximum Gasteiger partial charge on any atom is 0.410 e. The number of rotatable bonds is 7. The quantitative estimate of drug-likeness (QED) is 0.574. The minimum absolute atomic E-state index is 0.0622. The van der Waals surface area contributed by atoms with Crippen molar-refractivity contribution in [1.29, 1.82) is 0 Å². The van der Waals surface area contributed by atoms with E-state index in [2.05, 4.69) is 17.1 Å². The van der Waals surface area contributed by atoms with Gasteiger partial charge in [0.15, 0.2) is 0 Å². The molecule has 6 nitrogen and oxygen atoms in total. The molecule has 1 heterocycles. The predicted molar refractivity (Wildman–Crippen MR) is 121 cm³/mol. The maximum atomic E-state index is 13.2. The summed E-state index contributed by atoms with van der Waals surface area (Å²) in [5.74, 6) is -1.45. The highest BCUT2D eigenvalue weighted by molar-refractivity contribution is 5.81. The van der Waals surface area contributed by atoms with Crippen LogP contribution in [0.2, 0.25) is 0 Å². The monoisotopic (exact) mass is 430 g/mol. The highest BCUT2D eigenvalue weighted by atomic mass is 16.6. The average Bonchev–Trinajstić information content (AvgIpc) is 3.11. The molecule has 6 heteroatoms. The van der Waals surface area contributed by atoms with E-state index in [0.717, 1.165) is 22.3 Å². The summed E-state index contributed by atoms with van der Waals surface area (Å²) in [5.41, 5.74) is 5.10. The first kappa shape index (κ1) is 21.6. The van der Waals surface area contributed by atoms with Crippen LogP contribution in [0.15, 0.2) is 72.9 Å². The molecule has 0 radical (unpaired) electrons. The normalized spacial score (nSPS) is 13.3. The Kier molecular flexibility index (Phi) is 6.21. The van der Waals surface area contributed by atoms with Crippen LogP contribution < -0.4 is 0 Å². The molecule has 0 bridgehead atoms. The zero-order valence-corrected chi connectivity index (χ0v) is 18.1. The number of pyridine rings is 1. The van der Waals surface area contributed by atoms with Crippen LogP contribution in [0, 0.1) is 5.92 Å². The molecule has 0 aliphatic heterocycles. The van der Waals surface area contributed by atoms with Gasteiger partial charge < -0.3 is 9.84 Å². The van der Waals surface area contributed by atoms with Gasteiger partial charge in [0.05, 0.1) is 12.2 Å². The summed E-state index contributed by atoms with van der Waals surface area (Å²) in [6, 6.07) is 20.5. The fraction of sp³-hybridized carbons (Fsp3) is 0.269. The molecule has 3 aromatic rings. The van der Waals surface area contributed by atoms with Crippen LogP contribution in [0.4, 0.5) is 4.79 Å². The number of hydrogen-bond acceptors (Lipinski definition) is 4. The minimum atomic E-state index is -1.07. The van der Waals surface area contributed by atoms with Gasteiger partial charge in [0.1, 0.15) is 12.6 Å². The number of amides is 1. The molecule has 4 rings (SSSR count). The van der Waals surface area contributed by atoms with Crippen LogP contribution in [0.25, 0.3) is 11.1 Å². The van der Waals surface area contributed by atoms with Gasteiger partial charge >= 0.3 is 12.1 Å². The van der Waals surface area contributed by atoms with Crippen molar-refractivity contribution >= 4 is 12.1 Å². The molecule has 1 N–H and O–H groups in total. The van der Waals surface area contributed by atoms with Crippen molar-refractivity contribution in [3.8, 4) is 11.1 Å². The summed E-state index contributed by atoms with van der Waals surface area (Å²) in [7, 11) is 0. The Morgan fingerprint density at radius 1 is 0.969 bits per heavy atom. The second kappa shape index (κ2) is 9.22. The van der Waals surface area contributed by atoms with Gasteiger partial charge in [-0.2, -0.15) is 0 Å². The number of carbonyl (C=O) groups is 2. The zero-order chi connectivity index (χ0) is 22.7. The lowest BCUT2D eigenvalue weighted by atomic mass is 9.98. The van der Waals surface area contributed by atoms with Crippen molar-refractivity contribution in [3.05, 3.63) is 89.7 Å². The number of aliphatic carboxylic acids is 1. The van der Waals surface area contributed by atoms with Gasteiger partial charge in [-0.1, -0.05) is 68.4 Å². The van der Waals surface area contributed by atoms with Crippen LogP contribution in [0.3, 0.4) is 0 Å². The Morgan fingerprint density at radius 2 is 1.56 bits per heavy atom. The van der Waals surface area contributed by atoms with E-state index in [-0.39, 0.29) is 25.0 Å². The van der Waals surface area contributed by atoms with Gasteiger partial charge in [-0.3, -0.25) is 9.88 Å². The number of nitrogens with zero attached hydrogens (tertiary/aromatic N) is 2. The number of benzene rings is 2. The number of carboxylic acids is 1. The predicted octanol–water partition coefficient (Wildman–Crippen LogP) is 4.94. The van der Waals surface area contributed by atoms with E-state index >= 15 is 0 Å². The van der Waals surface area contributed by atoms with E-state index in [0.29, 0.717) is 5.69 Å². The molecule has 0 fully saturated rings. The number of carbonyl (C=O) groups excluding carboxylic acids is 1. The zero-order valence-electron chi connectivity index (χ0n) is 18.1. The van der Waals surface area contributed by atoms with Crippen LogP contribution >= 0.6 is 0 Å². The van der Waals surface area contributed by atoms with Crippen LogP contribution in [0.5, 0.6) is 0 Å². The number of aromatic nitrogens is 1. The van der Waals surface area contributed by atoms with E-state index < -0.39 is 18.1 Å². The Labute approximate surface area is 187 Å². The first-order chi connectivity index (χ1) is 15.5. The van der Waals surface area contributed by atoms with E-state index in [1.807, 2.05) is 42.5 Å². The van der Waals surface area contributed by atoms with Crippen molar-refractivity contribution in [2.24, 2.45) is 5.92 Å². The second-order valence-electron chi connectivity index (χ2n) is 8.28. The lowest BCUT2D eigenvalue weighted by molar-refractivity contribution is -0.144. The van der Waals surface area contributed by atoms with Gasteiger partial charge in [0.25, 0.3) is 0 Å². The van der Waals surface area contributed by atoms with Crippen LogP contribution in [0.1, 0.15) is 36.6 Å². The van der Waals surface area contributed by atoms with Gasteiger partial charge in [0, 0.05) is 12.1 Å². The fourth-order valence-electron chi connectivity index (χ4n) is 4.40. The minimum Gasteiger partial charge on any atom is -0.480 e. The van der Waals surface area contributed by atoms with Crippen molar-refractivity contribution < 1.29 is 19.4 Å². The molecule has 1 aromatic heterocycles. The Bertz CT molecular complexity index is 1070. The number of fused-ring (bicyclic) bond motifs is 3. The third-order valence-electron chi connectivity index (χ3n) is 5.85. The van der Waals surface area contributed by atoms with E-state index in [9.17, 15) is 14.7 Å². The highest BCUT2D eigenvalue weighted by Crippen LogP contribution is 2.44. The summed E-state index contributed by atoms with van der Waals surface area (Å²) in [6.07, 6.45) is 0.967. The van der Waals surface area contributed by atoms with Crippen LogP contribution in [-0.4, -0.2) is 39.7 Å². The number of hydrogen-bond donors (Lipinski definition) is 1. The lowest BCUT2D eigenvalue weighted by Gasteiger charge is -2.31. The molecule has 164 valence electrons. The summed E-state index contributed by atoms with van der Waals surface area (Å²) in [4.78, 5) is 30.7. The lowest BCUT2D eigenvalue weighted by Crippen LogP contribution is -2.48.